The molecule has 4 nitrogen and oxygen atoms in total. The van der Waals surface area contributed by atoms with Crippen molar-refractivity contribution >= 4 is 11.9 Å². The summed E-state index contributed by atoms with van der Waals surface area (Å²) in [5, 5.41) is 8.95. The summed E-state index contributed by atoms with van der Waals surface area (Å²) in [6, 6.07) is 0. The van der Waals surface area contributed by atoms with Crippen LogP contribution in [0.2, 0.25) is 0 Å². The number of hydrogen-bond acceptors (Lipinski definition) is 2. The highest BCUT2D eigenvalue weighted by Crippen LogP contribution is 2.20. The van der Waals surface area contributed by atoms with Crippen LogP contribution in [-0.4, -0.2) is 35.0 Å². The standard InChI is InChI=1S/C15H25NO3/c1-3-14(17)16(11-12(2)15(18)19)10-9-13-7-5-4-6-8-13/h7,12H,3-6,8-11H2,1-2H3,(H,18,19). The highest BCUT2D eigenvalue weighted by Gasteiger charge is 2.19. The SMILES string of the molecule is CCC(=O)N(CCC1=CCCCC1)CC(C)C(=O)O. The van der Waals surface area contributed by atoms with Crippen molar-refractivity contribution in [1.29, 1.82) is 0 Å². The van der Waals surface area contributed by atoms with Gasteiger partial charge in [-0.05, 0) is 32.1 Å². The number of nitrogens with zero attached hydrogens (tertiary/aromatic N) is 1. The molecule has 0 radical (unpaired) electrons. The summed E-state index contributed by atoms with van der Waals surface area (Å²) >= 11 is 0. The fraction of sp³-hybridized carbons (Fsp3) is 0.733. The highest BCUT2D eigenvalue weighted by molar-refractivity contribution is 5.77. The fourth-order valence-corrected chi connectivity index (χ4v) is 2.36. The number of carboxylic acid groups (broad SMARTS) is 1. The van der Waals surface area contributed by atoms with E-state index in [2.05, 4.69) is 6.08 Å². The molecule has 0 saturated heterocycles. The average Bonchev–Trinajstić information content (AvgIpc) is 2.43. The third-order valence-corrected chi connectivity index (χ3v) is 3.66. The highest BCUT2D eigenvalue weighted by atomic mass is 16.4. The third kappa shape index (κ3) is 5.45. The first-order chi connectivity index (χ1) is 9.04. The van der Waals surface area contributed by atoms with Crippen LogP contribution in [0.15, 0.2) is 11.6 Å². The smallest absolute Gasteiger partial charge is 0.308 e. The van der Waals surface area contributed by atoms with Gasteiger partial charge >= 0.3 is 5.97 Å². The molecule has 1 aliphatic rings. The normalized spacial score (nSPS) is 16.6. The van der Waals surface area contributed by atoms with Gasteiger partial charge in [-0.1, -0.05) is 25.5 Å². The topological polar surface area (TPSA) is 57.6 Å². The van der Waals surface area contributed by atoms with E-state index in [1.165, 1.54) is 18.4 Å². The molecule has 1 N–H and O–H groups in total. The Morgan fingerprint density at radius 3 is 2.68 bits per heavy atom. The van der Waals surface area contributed by atoms with E-state index in [0.29, 0.717) is 19.5 Å². The molecule has 0 aromatic rings. The summed E-state index contributed by atoms with van der Waals surface area (Å²) in [4.78, 5) is 24.5. The van der Waals surface area contributed by atoms with E-state index in [4.69, 9.17) is 5.11 Å². The summed E-state index contributed by atoms with van der Waals surface area (Å²) in [6.45, 7) is 4.43. The van der Waals surface area contributed by atoms with Gasteiger partial charge in [0.1, 0.15) is 0 Å². The molecule has 1 rings (SSSR count). The van der Waals surface area contributed by atoms with Crippen molar-refractivity contribution in [2.45, 2.75) is 52.4 Å². The molecule has 0 aliphatic heterocycles. The molecule has 1 atom stereocenters. The van der Waals surface area contributed by atoms with Gasteiger partial charge in [-0.15, -0.1) is 0 Å². The van der Waals surface area contributed by atoms with Gasteiger partial charge in [0.2, 0.25) is 5.91 Å². The molecule has 0 heterocycles. The van der Waals surface area contributed by atoms with Crippen molar-refractivity contribution in [3.63, 3.8) is 0 Å². The second-order valence-electron chi connectivity index (χ2n) is 5.29. The zero-order valence-electron chi connectivity index (χ0n) is 12.0. The molecule has 0 spiro atoms. The van der Waals surface area contributed by atoms with Gasteiger partial charge in [0.05, 0.1) is 5.92 Å². The van der Waals surface area contributed by atoms with Crippen LogP contribution < -0.4 is 0 Å². The molecule has 1 aliphatic carbocycles. The Balaban J connectivity index is 2.51. The number of carboxylic acids is 1. The number of allylic oxidation sites excluding steroid dienone is 1. The van der Waals surface area contributed by atoms with Gasteiger partial charge in [-0.3, -0.25) is 9.59 Å². The first-order valence-electron chi connectivity index (χ1n) is 7.23. The number of carbonyl (C=O) groups excluding carboxylic acids is 1. The predicted octanol–water partition coefficient (Wildman–Crippen LogP) is 2.84. The number of amides is 1. The van der Waals surface area contributed by atoms with Crippen LogP contribution in [0.1, 0.15) is 52.4 Å². The monoisotopic (exact) mass is 267 g/mol. The van der Waals surface area contributed by atoms with Crippen molar-refractivity contribution in [2.24, 2.45) is 5.92 Å². The molecule has 1 amide bonds. The Bertz CT molecular complexity index is 349. The van der Waals surface area contributed by atoms with Crippen LogP contribution in [0, 0.1) is 5.92 Å². The molecule has 0 aromatic heterocycles. The second kappa shape index (κ2) is 7.97. The van der Waals surface area contributed by atoms with E-state index in [-0.39, 0.29) is 5.91 Å². The summed E-state index contributed by atoms with van der Waals surface area (Å²) < 4.78 is 0. The van der Waals surface area contributed by atoms with Gasteiger partial charge in [-0.25, -0.2) is 0 Å². The van der Waals surface area contributed by atoms with Gasteiger partial charge in [0.15, 0.2) is 0 Å². The minimum Gasteiger partial charge on any atom is -0.481 e. The van der Waals surface area contributed by atoms with Gasteiger partial charge < -0.3 is 10.0 Å². The van der Waals surface area contributed by atoms with Gasteiger partial charge in [0.25, 0.3) is 0 Å². The Labute approximate surface area is 115 Å². The van der Waals surface area contributed by atoms with Crippen molar-refractivity contribution in [3.05, 3.63) is 11.6 Å². The maximum absolute atomic E-state index is 11.9. The van der Waals surface area contributed by atoms with E-state index in [1.807, 2.05) is 6.92 Å². The van der Waals surface area contributed by atoms with E-state index in [0.717, 1.165) is 19.3 Å². The molecule has 4 heteroatoms. The minimum absolute atomic E-state index is 0.0458. The molecule has 0 saturated carbocycles. The Hall–Kier alpha value is -1.32. The zero-order valence-corrected chi connectivity index (χ0v) is 12.0. The van der Waals surface area contributed by atoms with Crippen LogP contribution in [0.3, 0.4) is 0 Å². The zero-order chi connectivity index (χ0) is 14.3. The van der Waals surface area contributed by atoms with Crippen LogP contribution in [0.4, 0.5) is 0 Å². The predicted molar refractivity (Wildman–Crippen MR) is 74.8 cm³/mol. The molecular formula is C15H25NO3. The average molecular weight is 267 g/mol. The molecule has 108 valence electrons. The van der Waals surface area contributed by atoms with Crippen molar-refractivity contribution in [2.75, 3.05) is 13.1 Å². The number of hydrogen-bond donors (Lipinski definition) is 1. The Morgan fingerprint density at radius 2 is 2.16 bits per heavy atom. The van der Waals surface area contributed by atoms with Crippen LogP contribution in [0.25, 0.3) is 0 Å². The van der Waals surface area contributed by atoms with Crippen LogP contribution >= 0.6 is 0 Å². The maximum Gasteiger partial charge on any atom is 0.308 e. The first-order valence-corrected chi connectivity index (χ1v) is 7.23. The van der Waals surface area contributed by atoms with E-state index < -0.39 is 11.9 Å². The lowest BCUT2D eigenvalue weighted by atomic mass is 9.97. The lowest BCUT2D eigenvalue weighted by molar-refractivity contribution is -0.143. The summed E-state index contributed by atoms with van der Waals surface area (Å²) in [5.74, 6) is -1.30. The molecule has 0 aromatic carbocycles. The summed E-state index contributed by atoms with van der Waals surface area (Å²) in [7, 11) is 0. The maximum atomic E-state index is 11.9. The summed E-state index contributed by atoms with van der Waals surface area (Å²) in [6.07, 6.45) is 8.36. The van der Waals surface area contributed by atoms with Crippen molar-refractivity contribution in [1.82, 2.24) is 4.90 Å². The molecule has 19 heavy (non-hydrogen) atoms. The van der Waals surface area contributed by atoms with Crippen LogP contribution in [-0.2, 0) is 9.59 Å². The van der Waals surface area contributed by atoms with Gasteiger partial charge in [0, 0.05) is 19.5 Å². The van der Waals surface area contributed by atoms with Gasteiger partial charge in [-0.2, -0.15) is 0 Å². The van der Waals surface area contributed by atoms with Crippen molar-refractivity contribution < 1.29 is 14.7 Å². The quantitative estimate of drug-likeness (QED) is 0.722. The lowest BCUT2D eigenvalue weighted by Gasteiger charge is -2.25. The Kier molecular flexibility index (Phi) is 6.60. The molecular weight excluding hydrogens is 242 g/mol. The minimum atomic E-state index is -0.842. The lowest BCUT2D eigenvalue weighted by Crippen LogP contribution is -2.37. The van der Waals surface area contributed by atoms with Crippen LogP contribution in [0.5, 0.6) is 0 Å². The second-order valence-corrected chi connectivity index (χ2v) is 5.29. The third-order valence-electron chi connectivity index (χ3n) is 3.66. The molecule has 1 unspecified atom stereocenters. The molecule has 0 fully saturated rings. The fourth-order valence-electron chi connectivity index (χ4n) is 2.36. The number of rotatable bonds is 7. The van der Waals surface area contributed by atoms with E-state index in [9.17, 15) is 9.59 Å². The first kappa shape index (κ1) is 15.7. The summed E-state index contributed by atoms with van der Waals surface area (Å²) in [5.41, 5.74) is 1.42. The number of carbonyl (C=O) groups is 2. The van der Waals surface area contributed by atoms with E-state index >= 15 is 0 Å². The Morgan fingerprint density at radius 1 is 1.42 bits per heavy atom. The number of aliphatic carboxylic acids is 1. The molecule has 0 bridgehead atoms. The van der Waals surface area contributed by atoms with Crippen molar-refractivity contribution in [3.8, 4) is 0 Å². The largest absolute Gasteiger partial charge is 0.481 e. The van der Waals surface area contributed by atoms with E-state index in [1.54, 1.807) is 11.8 Å².